The SMILES string of the molecule is COc1cc(O)ccc1C#CCNC(=O)OC(C)(C)C. The van der Waals surface area contributed by atoms with Crippen LogP contribution in [0.1, 0.15) is 26.3 Å². The average Bonchev–Trinajstić information content (AvgIpc) is 2.33. The van der Waals surface area contributed by atoms with Crippen LogP contribution in [-0.4, -0.2) is 30.5 Å². The maximum atomic E-state index is 11.4. The van der Waals surface area contributed by atoms with Gasteiger partial charge in [0, 0.05) is 6.07 Å². The van der Waals surface area contributed by atoms with Crippen molar-refractivity contribution in [2.45, 2.75) is 26.4 Å². The fourth-order valence-electron chi connectivity index (χ4n) is 1.35. The number of aromatic hydroxyl groups is 1. The summed E-state index contributed by atoms with van der Waals surface area (Å²) in [5, 5.41) is 11.9. The molecule has 5 heteroatoms. The molecule has 0 radical (unpaired) electrons. The van der Waals surface area contributed by atoms with Crippen molar-refractivity contribution in [1.29, 1.82) is 0 Å². The lowest BCUT2D eigenvalue weighted by atomic mass is 10.2. The minimum atomic E-state index is -0.530. The fraction of sp³-hybridized carbons (Fsp3) is 0.400. The number of phenolic OH excluding ortho intramolecular Hbond substituents is 1. The third-order valence-electron chi connectivity index (χ3n) is 2.13. The zero-order chi connectivity index (χ0) is 15.2. The molecule has 1 rings (SSSR count). The van der Waals surface area contributed by atoms with Crippen molar-refractivity contribution in [3.05, 3.63) is 23.8 Å². The van der Waals surface area contributed by atoms with Gasteiger partial charge in [-0.1, -0.05) is 11.8 Å². The van der Waals surface area contributed by atoms with Crippen molar-refractivity contribution in [3.63, 3.8) is 0 Å². The van der Waals surface area contributed by atoms with E-state index in [2.05, 4.69) is 17.2 Å². The number of hydrogen-bond acceptors (Lipinski definition) is 4. The molecule has 0 aliphatic carbocycles. The maximum absolute atomic E-state index is 11.4. The number of ether oxygens (including phenoxy) is 2. The van der Waals surface area contributed by atoms with E-state index in [1.54, 1.807) is 26.8 Å². The Balaban J connectivity index is 2.57. The molecule has 1 aromatic rings. The first kappa shape index (κ1) is 15.7. The predicted molar refractivity (Wildman–Crippen MR) is 75.8 cm³/mol. The van der Waals surface area contributed by atoms with Crippen LogP contribution in [0.2, 0.25) is 0 Å². The van der Waals surface area contributed by atoms with Gasteiger partial charge in [-0.3, -0.25) is 0 Å². The van der Waals surface area contributed by atoms with E-state index >= 15 is 0 Å². The molecule has 0 spiro atoms. The molecule has 0 saturated heterocycles. The van der Waals surface area contributed by atoms with Gasteiger partial charge in [-0.2, -0.15) is 0 Å². The fourth-order valence-corrected chi connectivity index (χ4v) is 1.35. The van der Waals surface area contributed by atoms with Crippen molar-refractivity contribution >= 4 is 6.09 Å². The highest BCUT2D eigenvalue weighted by atomic mass is 16.6. The molecule has 20 heavy (non-hydrogen) atoms. The number of methoxy groups -OCH3 is 1. The summed E-state index contributed by atoms with van der Waals surface area (Å²) in [6, 6.07) is 4.65. The Morgan fingerprint density at radius 2 is 2.10 bits per heavy atom. The monoisotopic (exact) mass is 277 g/mol. The first-order chi connectivity index (χ1) is 9.31. The van der Waals surface area contributed by atoms with Crippen LogP contribution in [0, 0.1) is 11.8 Å². The lowest BCUT2D eigenvalue weighted by Crippen LogP contribution is -2.32. The second-order valence-electron chi connectivity index (χ2n) is 5.04. The Labute approximate surface area is 118 Å². The van der Waals surface area contributed by atoms with Crippen LogP contribution in [0.25, 0.3) is 0 Å². The Bertz CT molecular complexity index is 535. The van der Waals surface area contributed by atoms with Crippen molar-refractivity contribution in [2.75, 3.05) is 13.7 Å². The van der Waals surface area contributed by atoms with E-state index in [1.807, 2.05) is 0 Å². The molecule has 0 aromatic heterocycles. The van der Waals surface area contributed by atoms with Crippen LogP contribution >= 0.6 is 0 Å². The second kappa shape index (κ2) is 6.71. The van der Waals surface area contributed by atoms with Crippen LogP contribution < -0.4 is 10.1 Å². The van der Waals surface area contributed by atoms with Gasteiger partial charge in [-0.15, -0.1) is 0 Å². The topological polar surface area (TPSA) is 67.8 Å². The Kier molecular flexibility index (Phi) is 5.27. The van der Waals surface area contributed by atoms with Gasteiger partial charge in [0.15, 0.2) is 0 Å². The van der Waals surface area contributed by atoms with Gasteiger partial charge >= 0.3 is 6.09 Å². The first-order valence-electron chi connectivity index (χ1n) is 6.14. The predicted octanol–water partition coefficient (Wildman–Crippen LogP) is 2.28. The van der Waals surface area contributed by atoms with Crippen molar-refractivity contribution in [1.82, 2.24) is 5.32 Å². The number of rotatable bonds is 2. The van der Waals surface area contributed by atoms with Gasteiger partial charge in [-0.05, 0) is 32.9 Å². The molecule has 0 aliphatic rings. The van der Waals surface area contributed by atoms with E-state index in [0.717, 1.165) is 0 Å². The van der Waals surface area contributed by atoms with Crippen LogP contribution in [0.3, 0.4) is 0 Å². The summed E-state index contributed by atoms with van der Waals surface area (Å²) < 4.78 is 10.2. The van der Waals surface area contributed by atoms with E-state index in [0.29, 0.717) is 11.3 Å². The summed E-state index contributed by atoms with van der Waals surface area (Å²) in [5.41, 5.74) is 0.105. The van der Waals surface area contributed by atoms with Gasteiger partial charge in [0.1, 0.15) is 17.1 Å². The summed E-state index contributed by atoms with van der Waals surface area (Å²) in [6.07, 6.45) is -0.510. The van der Waals surface area contributed by atoms with Gasteiger partial charge < -0.3 is 19.9 Å². The molecule has 0 unspecified atom stereocenters. The molecule has 5 nitrogen and oxygen atoms in total. The van der Waals surface area contributed by atoms with Crippen molar-refractivity contribution < 1.29 is 19.4 Å². The number of amides is 1. The van der Waals surface area contributed by atoms with E-state index in [-0.39, 0.29) is 12.3 Å². The Hall–Kier alpha value is -2.35. The number of alkyl carbamates (subject to hydrolysis) is 1. The summed E-state index contributed by atoms with van der Waals surface area (Å²) in [5.74, 6) is 6.23. The number of nitrogens with one attached hydrogen (secondary N) is 1. The standard InChI is InChI=1S/C15H19NO4/c1-15(2,3)20-14(18)16-9-5-6-11-7-8-12(17)10-13(11)19-4/h7-8,10,17H,9H2,1-4H3,(H,16,18). The number of phenols is 1. The van der Waals surface area contributed by atoms with Crippen LogP contribution in [-0.2, 0) is 4.74 Å². The summed E-state index contributed by atoms with van der Waals surface area (Å²) >= 11 is 0. The molecular formula is C15H19NO4. The molecule has 1 aromatic carbocycles. The average molecular weight is 277 g/mol. The molecule has 0 fully saturated rings. The molecule has 0 saturated carbocycles. The summed E-state index contributed by atoms with van der Waals surface area (Å²) in [6.45, 7) is 5.54. The minimum Gasteiger partial charge on any atom is -0.508 e. The molecular weight excluding hydrogens is 258 g/mol. The quantitative estimate of drug-likeness (QED) is 0.814. The lowest BCUT2D eigenvalue weighted by molar-refractivity contribution is 0.0535. The minimum absolute atomic E-state index is 0.110. The van der Waals surface area contributed by atoms with Gasteiger partial charge in [0.2, 0.25) is 0 Å². The lowest BCUT2D eigenvalue weighted by Gasteiger charge is -2.19. The second-order valence-corrected chi connectivity index (χ2v) is 5.04. The number of carbonyl (C=O) groups is 1. The smallest absolute Gasteiger partial charge is 0.408 e. The zero-order valence-corrected chi connectivity index (χ0v) is 12.1. The largest absolute Gasteiger partial charge is 0.508 e. The molecule has 1 amide bonds. The zero-order valence-electron chi connectivity index (χ0n) is 12.1. The number of carbonyl (C=O) groups excluding carboxylic acids is 1. The molecule has 0 heterocycles. The highest BCUT2D eigenvalue weighted by Gasteiger charge is 2.15. The molecule has 0 aliphatic heterocycles. The van der Waals surface area contributed by atoms with Crippen LogP contribution in [0.5, 0.6) is 11.5 Å². The molecule has 2 N–H and O–H groups in total. The third-order valence-corrected chi connectivity index (χ3v) is 2.13. The van der Waals surface area contributed by atoms with Gasteiger partial charge in [0.25, 0.3) is 0 Å². The molecule has 0 bridgehead atoms. The summed E-state index contributed by atoms with van der Waals surface area (Å²) in [7, 11) is 1.50. The maximum Gasteiger partial charge on any atom is 0.408 e. The highest BCUT2D eigenvalue weighted by Crippen LogP contribution is 2.22. The van der Waals surface area contributed by atoms with Gasteiger partial charge in [0.05, 0.1) is 19.2 Å². The number of hydrogen-bond donors (Lipinski definition) is 2. The number of benzene rings is 1. The normalized spacial score (nSPS) is 10.2. The highest BCUT2D eigenvalue weighted by molar-refractivity contribution is 5.68. The van der Waals surface area contributed by atoms with E-state index in [9.17, 15) is 9.90 Å². The van der Waals surface area contributed by atoms with Crippen LogP contribution in [0.15, 0.2) is 18.2 Å². The van der Waals surface area contributed by atoms with Gasteiger partial charge in [-0.25, -0.2) is 4.79 Å². The first-order valence-corrected chi connectivity index (χ1v) is 6.14. The Morgan fingerprint density at radius 1 is 1.40 bits per heavy atom. The van der Waals surface area contributed by atoms with E-state index in [4.69, 9.17) is 9.47 Å². The summed E-state index contributed by atoms with van der Waals surface area (Å²) in [4.78, 5) is 11.4. The third kappa shape index (κ3) is 5.53. The van der Waals surface area contributed by atoms with Crippen molar-refractivity contribution in [2.24, 2.45) is 0 Å². The van der Waals surface area contributed by atoms with E-state index in [1.165, 1.54) is 19.2 Å². The van der Waals surface area contributed by atoms with Crippen LogP contribution in [0.4, 0.5) is 4.79 Å². The van der Waals surface area contributed by atoms with Crippen molar-refractivity contribution in [3.8, 4) is 23.3 Å². The molecule has 0 atom stereocenters. The van der Waals surface area contributed by atoms with E-state index < -0.39 is 11.7 Å². The molecule has 108 valence electrons. The Morgan fingerprint density at radius 3 is 2.70 bits per heavy atom.